The average molecular weight is 426 g/mol. The van der Waals surface area contributed by atoms with Gasteiger partial charge in [-0.25, -0.2) is 0 Å². The Labute approximate surface area is 178 Å². The van der Waals surface area contributed by atoms with Crippen LogP contribution in [0.25, 0.3) is 11.4 Å². The second-order valence-electron chi connectivity index (χ2n) is 6.67. The first-order chi connectivity index (χ1) is 14.6. The molecule has 0 fully saturated rings. The van der Waals surface area contributed by atoms with E-state index in [1.807, 2.05) is 42.8 Å². The lowest BCUT2D eigenvalue weighted by Gasteiger charge is -2.19. The molecule has 9 heteroatoms. The zero-order valence-corrected chi connectivity index (χ0v) is 17.7. The van der Waals surface area contributed by atoms with Crippen LogP contribution in [0.4, 0.5) is 5.69 Å². The molecule has 1 atom stereocenters. The summed E-state index contributed by atoms with van der Waals surface area (Å²) < 4.78 is 18.4. The minimum atomic E-state index is -0.383. The summed E-state index contributed by atoms with van der Waals surface area (Å²) in [6, 6.07) is 13.0. The highest BCUT2D eigenvalue weighted by Crippen LogP contribution is 2.34. The molecule has 2 aromatic carbocycles. The number of para-hydroxylation sites is 1. The highest BCUT2D eigenvalue weighted by Gasteiger charge is 2.21. The molecule has 1 aromatic heterocycles. The molecule has 1 N–H and O–H groups in total. The number of fused-ring (bicyclic) bond motifs is 1. The number of carbonyl (C=O) groups is 1. The van der Waals surface area contributed by atoms with Crippen LogP contribution < -0.4 is 19.5 Å². The molecule has 0 aliphatic carbocycles. The predicted octanol–water partition coefficient (Wildman–Crippen LogP) is 3.38. The van der Waals surface area contributed by atoms with E-state index in [0.29, 0.717) is 47.1 Å². The largest absolute Gasteiger partial charge is 0.496 e. The van der Waals surface area contributed by atoms with Gasteiger partial charge in [-0.3, -0.25) is 4.79 Å². The normalized spacial score (nSPS) is 13.6. The van der Waals surface area contributed by atoms with Gasteiger partial charge in [-0.05, 0) is 31.2 Å². The number of amides is 1. The van der Waals surface area contributed by atoms with Crippen molar-refractivity contribution in [2.45, 2.75) is 17.3 Å². The number of methoxy groups -OCH3 is 1. The quantitative estimate of drug-likeness (QED) is 0.605. The number of anilines is 1. The van der Waals surface area contributed by atoms with Gasteiger partial charge in [-0.1, -0.05) is 23.9 Å². The van der Waals surface area contributed by atoms with Crippen molar-refractivity contribution in [2.75, 3.05) is 25.6 Å². The van der Waals surface area contributed by atoms with Gasteiger partial charge in [0.1, 0.15) is 19.0 Å². The highest BCUT2D eigenvalue weighted by molar-refractivity contribution is 8.00. The first kappa shape index (κ1) is 20.1. The summed E-state index contributed by atoms with van der Waals surface area (Å²) in [5.41, 5.74) is 1.50. The first-order valence-electron chi connectivity index (χ1n) is 9.46. The molecule has 0 saturated carbocycles. The number of hydrogen-bond acceptors (Lipinski definition) is 7. The molecule has 1 aliphatic rings. The van der Waals surface area contributed by atoms with E-state index < -0.39 is 0 Å². The maximum atomic E-state index is 12.7. The van der Waals surface area contributed by atoms with Crippen LogP contribution in [0.2, 0.25) is 0 Å². The molecular formula is C21H22N4O4S. The molecule has 3 aromatic rings. The van der Waals surface area contributed by atoms with Crippen molar-refractivity contribution in [1.29, 1.82) is 0 Å². The van der Waals surface area contributed by atoms with Gasteiger partial charge in [0.05, 0.1) is 17.9 Å². The van der Waals surface area contributed by atoms with E-state index >= 15 is 0 Å². The number of nitrogens with one attached hydrogen (secondary N) is 1. The molecule has 1 unspecified atom stereocenters. The van der Waals surface area contributed by atoms with E-state index in [-0.39, 0.29) is 11.2 Å². The summed E-state index contributed by atoms with van der Waals surface area (Å²) in [5, 5.41) is 11.7. The third kappa shape index (κ3) is 4.06. The van der Waals surface area contributed by atoms with E-state index in [9.17, 15) is 4.79 Å². The number of aromatic nitrogens is 3. The van der Waals surface area contributed by atoms with Gasteiger partial charge in [0.15, 0.2) is 22.5 Å². The number of hydrogen-bond donors (Lipinski definition) is 1. The number of benzene rings is 2. The second-order valence-corrected chi connectivity index (χ2v) is 7.98. The Hall–Kier alpha value is -3.20. The second kappa shape index (κ2) is 8.66. The third-order valence-corrected chi connectivity index (χ3v) is 5.78. The SMILES string of the molecule is COc1ccccc1-c1nnc(SC(C)C(=O)Nc2ccc3c(c2)OCCO3)n1C. The molecule has 30 heavy (non-hydrogen) atoms. The Balaban J connectivity index is 1.46. The molecule has 1 amide bonds. The summed E-state index contributed by atoms with van der Waals surface area (Å²) in [4.78, 5) is 12.7. The fourth-order valence-corrected chi connectivity index (χ4v) is 3.87. The van der Waals surface area contributed by atoms with Crippen molar-refractivity contribution in [2.24, 2.45) is 7.05 Å². The first-order valence-corrected chi connectivity index (χ1v) is 10.3. The van der Waals surface area contributed by atoms with E-state index in [0.717, 1.165) is 5.56 Å². The maximum Gasteiger partial charge on any atom is 0.237 e. The van der Waals surface area contributed by atoms with E-state index in [1.54, 1.807) is 25.3 Å². The Morgan fingerprint density at radius 3 is 2.73 bits per heavy atom. The number of ether oxygens (including phenoxy) is 3. The Kier molecular flexibility index (Phi) is 5.80. The van der Waals surface area contributed by atoms with Crippen LogP contribution >= 0.6 is 11.8 Å². The fraction of sp³-hybridized carbons (Fsp3) is 0.286. The van der Waals surface area contributed by atoms with Crippen LogP contribution in [0.5, 0.6) is 17.2 Å². The van der Waals surface area contributed by atoms with Crippen LogP contribution in [0.15, 0.2) is 47.6 Å². The molecule has 0 spiro atoms. The van der Waals surface area contributed by atoms with Crippen LogP contribution in [0.1, 0.15) is 6.92 Å². The summed E-state index contributed by atoms with van der Waals surface area (Å²) in [7, 11) is 3.49. The Morgan fingerprint density at radius 1 is 1.17 bits per heavy atom. The van der Waals surface area contributed by atoms with Gasteiger partial charge in [0.25, 0.3) is 0 Å². The smallest absolute Gasteiger partial charge is 0.237 e. The van der Waals surface area contributed by atoms with Crippen molar-refractivity contribution in [1.82, 2.24) is 14.8 Å². The van der Waals surface area contributed by atoms with Gasteiger partial charge in [-0.15, -0.1) is 10.2 Å². The minimum Gasteiger partial charge on any atom is -0.496 e. The van der Waals surface area contributed by atoms with Gasteiger partial charge in [0.2, 0.25) is 5.91 Å². The zero-order chi connectivity index (χ0) is 21.1. The van der Waals surface area contributed by atoms with Crippen molar-refractivity contribution in [3.63, 3.8) is 0 Å². The number of rotatable bonds is 6. The molecule has 2 heterocycles. The summed E-state index contributed by atoms with van der Waals surface area (Å²) in [5.74, 6) is 2.57. The van der Waals surface area contributed by atoms with Crippen LogP contribution in [-0.2, 0) is 11.8 Å². The van der Waals surface area contributed by atoms with Gasteiger partial charge < -0.3 is 24.1 Å². The maximum absolute atomic E-state index is 12.7. The molecule has 156 valence electrons. The molecule has 8 nitrogen and oxygen atoms in total. The predicted molar refractivity (Wildman–Crippen MR) is 114 cm³/mol. The standard InChI is InChI=1S/C21H22N4O4S/c1-13(20(26)22-14-8-9-17-18(12-14)29-11-10-28-17)30-21-24-23-19(25(21)2)15-6-4-5-7-16(15)27-3/h4-9,12-13H,10-11H2,1-3H3,(H,22,26). The number of thioether (sulfide) groups is 1. The monoisotopic (exact) mass is 426 g/mol. The zero-order valence-electron chi connectivity index (χ0n) is 16.9. The minimum absolute atomic E-state index is 0.140. The van der Waals surface area contributed by atoms with Gasteiger partial charge >= 0.3 is 0 Å². The van der Waals surface area contributed by atoms with Crippen molar-refractivity contribution in [3.05, 3.63) is 42.5 Å². The molecule has 4 rings (SSSR count). The number of carbonyl (C=O) groups excluding carboxylic acids is 1. The van der Waals surface area contributed by atoms with E-state index in [2.05, 4.69) is 15.5 Å². The summed E-state index contributed by atoms with van der Waals surface area (Å²) in [6.07, 6.45) is 0. The van der Waals surface area contributed by atoms with Crippen LogP contribution in [-0.4, -0.2) is 46.2 Å². The molecule has 0 radical (unpaired) electrons. The van der Waals surface area contributed by atoms with Crippen LogP contribution in [0.3, 0.4) is 0 Å². The highest BCUT2D eigenvalue weighted by atomic mass is 32.2. The summed E-state index contributed by atoms with van der Waals surface area (Å²) >= 11 is 1.34. The Bertz CT molecular complexity index is 1070. The Morgan fingerprint density at radius 2 is 1.93 bits per heavy atom. The van der Waals surface area contributed by atoms with Gasteiger partial charge in [-0.2, -0.15) is 0 Å². The third-order valence-electron chi connectivity index (χ3n) is 4.64. The van der Waals surface area contributed by atoms with Crippen LogP contribution in [0, 0.1) is 0 Å². The molecule has 0 bridgehead atoms. The molecule has 0 saturated heterocycles. The lowest BCUT2D eigenvalue weighted by atomic mass is 10.2. The molecule has 1 aliphatic heterocycles. The fourth-order valence-electron chi connectivity index (χ4n) is 3.06. The topological polar surface area (TPSA) is 87.5 Å². The van der Waals surface area contributed by atoms with Crippen molar-refractivity contribution < 1.29 is 19.0 Å². The average Bonchev–Trinajstić information content (AvgIpc) is 3.13. The van der Waals surface area contributed by atoms with E-state index in [1.165, 1.54) is 11.8 Å². The molecular weight excluding hydrogens is 404 g/mol. The van der Waals surface area contributed by atoms with E-state index in [4.69, 9.17) is 14.2 Å². The van der Waals surface area contributed by atoms with Gasteiger partial charge in [0, 0.05) is 18.8 Å². The number of nitrogens with zero attached hydrogens (tertiary/aromatic N) is 3. The van der Waals surface area contributed by atoms with Crippen molar-refractivity contribution >= 4 is 23.4 Å². The lowest BCUT2D eigenvalue weighted by molar-refractivity contribution is -0.115. The van der Waals surface area contributed by atoms with Crippen molar-refractivity contribution in [3.8, 4) is 28.6 Å². The lowest BCUT2D eigenvalue weighted by Crippen LogP contribution is -2.23. The summed E-state index contributed by atoms with van der Waals surface area (Å²) in [6.45, 7) is 2.85.